The number of carbonyl (C=O) groups excluding carboxylic acids is 4. The molecule has 0 unspecified atom stereocenters. The van der Waals surface area contributed by atoms with E-state index in [1.54, 1.807) is 42.5 Å². The van der Waals surface area contributed by atoms with Crippen LogP contribution in [0.1, 0.15) is 21.9 Å². The van der Waals surface area contributed by atoms with Crippen molar-refractivity contribution in [2.75, 3.05) is 26.1 Å². The topological polar surface area (TPSA) is 136 Å². The highest BCUT2D eigenvalue weighted by atomic mass is 35.5. The number of para-hydroxylation sites is 1. The van der Waals surface area contributed by atoms with Gasteiger partial charge in [-0.15, -0.1) is 0 Å². The summed E-state index contributed by atoms with van der Waals surface area (Å²) in [5, 5.41) is 5.73. The molecule has 4 amide bonds. The number of hydrogen-bond acceptors (Lipinski definition) is 8. The van der Waals surface area contributed by atoms with Crippen LogP contribution in [0.15, 0.2) is 64.7 Å². The molecule has 3 aromatic rings. The average molecular weight is 540 g/mol. The molecule has 11 nitrogen and oxygen atoms in total. The van der Waals surface area contributed by atoms with Crippen LogP contribution in [0.2, 0.25) is 5.02 Å². The number of imide groups is 1. The standard InChI is InChI=1S/C26H22ClN3O8/c1-35-20-5-3-4-15(23(20)37-14-22(31)28-17-8-6-16(27)7-9-17)12-19-24(32)30(26(34)29-19)13-18-10-11-21(38-18)25(33)36-2/h3-12H,13-14H2,1-2H3,(H,28,31)(H,29,34)/b19-12-. The van der Waals surface area contributed by atoms with Crippen LogP contribution in [0.5, 0.6) is 11.5 Å². The number of amides is 4. The molecule has 12 heteroatoms. The number of rotatable bonds is 9. The smallest absolute Gasteiger partial charge is 0.373 e. The van der Waals surface area contributed by atoms with Crippen molar-refractivity contribution in [2.24, 2.45) is 0 Å². The lowest BCUT2D eigenvalue weighted by Gasteiger charge is -2.14. The molecule has 1 aliphatic heterocycles. The second-order valence-electron chi connectivity index (χ2n) is 7.86. The summed E-state index contributed by atoms with van der Waals surface area (Å²) in [5.41, 5.74) is 0.901. The number of hydrogen-bond donors (Lipinski definition) is 2. The van der Waals surface area contributed by atoms with Crippen molar-refractivity contribution in [1.29, 1.82) is 0 Å². The summed E-state index contributed by atoms with van der Waals surface area (Å²) >= 11 is 5.87. The minimum absolute atomic E-state index is 0.0292. The predicted molar refractivity (Wildman–Crippen MR) is 136 cm³/mol. The van der Waals surface area contributed by atoms with E-state index in [4.69, 9.17) is 25.5 Å². The molecular weight excluding hydrogens is 518 g/mol. The minimum atomic E-state index is -0.679. The maximum atomic E-state index is 13.0. The van der Waals surface area contributed by atoms with Gasteiger partial charge in [0.15, 0.2) is 18.1 Å². The second-order valence-corrected chi connectivity index (χ2v) is 8.30. The van der Waals surface area contributed by atoms with E-state index in [2.05, 4.69) is 15.4 Å². The zero-order valence-corrected chi connectivity index (χ0v) is 21.0. The molecule has 4 rings (SSSR count). The van der Waals surface area contributed by atoms with Crippen molar-refractivity contribution >= 4 is 47.2 Å². The monoisotopic (exact) mass is 539 g/mol. The van der Waals surface area contributed by atoms with Crippen LogP contribution >= 0.6 is 11.6 Å². The first-order chi connectivity index (χ1) is 18.3. The van der Waals surface area contributed by atoms with Gasteiger partial charge in [-0.3, -0.25) is 14.5 Å². The lowest BCUT2D eigenvalue weighted by atomic mass is 10.1. The zero-order valence-electron chi connectivity index (χ0n) is 20.3. The van der Waals surface area contributed by atoms with Crippen molar-refractivity contribution in [1.82, 2.24) is 10.2 Å². The molecule has 0 atom stereocenters. The summed E-state index contributed by atoms with van der Waals surface area (Å²) in [7, 11) is 2.64. The summed E-state index contributed by atoms with van der Waals surface area (Å²) in [5.74, 6) is -1.06. The van der Waals surface area contributed by atoms with Gasteiger partial charge in [0.2, 0.25) is 5.76 Å². The number of methoxy groups -OCH3 is 2. The molecule has 0 spiro atoms. The Hall–Kier alpha value is -4.77. The number of urea groups is 1. The van der Waals surface area contributed by atoms with Gasteiger partial charge in [0.05, 0.1) is 20.8 Å². The predicted octanol–water partition coefficient (Wildman–Crippen LogP) is 3.84. The SMILES string of the molecule is COC(=O)c1ccc(CN2C(=O)N/C(=C\c3cccc(OC)c3OCC(=O)Nc3ccc(Cl)cc3)C2=O)o1. The second kappa shape index (κ2) is 11.5. The number of anilines is 1. The van der Waals surface area contributed by atoms with Crippen LogP contribution in [-0.4, -0.2) is 49.5 Å². The Labute approximate surface area is 221 Å². The fraction of sp³-hybridized carbons (Fsp3) is 0.154. The normalized spacial score (nSPS) is 13.9. The van der Waals surface area contributed by atoms with Gasteiger partial charge in [0.1, 0.15) is 11.5 Å². The van der Waals surface area contributed by atoms with Crippen LogP contribution < -0.4 is 20.1 Å². The third-order valence-corrected chi connectivity index (χ3v) is 5.58. The molecule has 1 aromatic heterocycles. The zero-order chi connectivity index (χ0) is 27.2. The van der Waals surface area contributed by atoms with E-state index in [1.165, 1.54) is 32.4 Å². The van der Waals surface area contributed by atoms with Crippen LogP contribution in [0.4, 0.5) is 10.5 Å². The van der Waals surface area contributed by atoms with Crippen molar-refractivity contribution in [3.05, 3.63) is 82.4 Å². The van der Waals surface area contributed by atoms with Gasteiger partial charge in [-0.25, -0.2) is 9.59 Å². The fourth-order valence-corrected chi connectivity index (χ4v) is 3.66. The van der Waals surface area contributed by atoms with Crippen LogP contribution in [0, 0.1) is 0 Å². The Morgan fingerprint density at radius 2 is 1.84 bits per heavy atom. The highest BCUT2D eigenvalue weighted by molar-refractivity contribution is 6.30. The van der Waals surface area contributed by atoms with Gasteiger partial charge in [-0.2, -0.15) is 0 Å². The highest BCUT2D eigenvalue weighted by Gasteiger charge is 2.34. The van der Waals surface area contributed by atoms with E-state index < -0.39 is 23.8 Å². The molecule has 0 saturated carbocycles. The summed E-state index contributed by atoms with van der Waals surface area (Å²) in [6.45, 7) is -0.558. The highest BCUT2D eigenvalue weighted by Crippen LogP contribution is 2.33. The molecule has 0 bridgehead atoms. The number of carbonyl (C=O) groups is 4. The molecular formula is C26H22ClN3O8. The number of nitrogens with one attached hydrogen (secondary N) is 2. The largest absolute Gasteiger partial charge is 0.493 e. The van der Waals surface area contributed by atoms with Crippen LogP contribution in [0.25, 0.3) is 6.08 Å². The Balaban J connectivity index is 1.49. The lowest BCUT2D eigenvalue weighted by Crippen LogP contribution is -2.30. The first-order valence-corrected chi connectivity index (χ1v) is 11.5. The maximum absolute atomic E-state index is 13.0. The van der Waals surface area contributed by atoms with Crippen molar-refractivity contribution < 1.29 is 37.8 Å². The number of halogens is 1. The lowest BCUT2D eigenvalue weighted by molar-refractivity contribution is -0.123. The number of furan rings is 1. The first-order valence-electron chi connectivity index (χ1n) is 11.2. The van der Waals surface area contributed by atoms with E-state index in [1.807, 2.05) is 0 Å². The number of esters is 1. The molecule has 0 aliphatic carbocycles. The third-order valence-electron chi connectivity index (χ3n) is 5.33. The first kappa shape index (κ1) is 26.3. The van der Waals surface area contributed by atoms with Gasteiger partial charge < -0.3 is 29.3 Å². The number of benzene rings is 2. The van der Waals surface area contributed by atoms with Crippen molar-refractivity contribution in [2.45, 2.75) is 6.54 Å². The van der Waals surface area contributed by atoms with E-state index in [9.17, 15) is 19.2 Å². The molecule has 1 fully saturated rings. The van der Waals surface area contributed by atoms with E-state index in [0.29, 0.717) is 22.0 Å². The summed E-state index contributed by atoms with van der Waals surface area (Å²) in [4.78, 5) is 50.4. The maximum Gasteiger partial charge on any atom is 0.373 e. The molecule has 2 heterocycles. The van der Waals surface area contributed by atoms with Gasteiger partial charge in [0, 0.05) is 16.3 Å². The molecule has 38 heavy (non-hydrogen) atoms. The van der Waals surface area contributed by atoms with E-state index in [-0.39, 0.29) is 36.1 Å². The Morgan fingerprint density at radius 3 is 2.55 bits per heavy atom. The van der Waals surface area contributed by atoms with Gasteiger partial charge >= 0.3 is 12.0 Å². The summed E-state index contributed by atoms with van der Waals surface area (Å²) in [6, 6.07) is 13.7. The molecule has 2 N–H and O–H groups in total. The number of nitrogens with zero attached hydrogens (tertiary/aromatic N) is 1. The number of ether oxygens (including phenoxy) is 3. The Kier molecular flexibility index (Phi) is 7.97. The van der Waals surface area contributed by atoms with E-state index in [0.717, 1.165) is 4.90 Å². The van der Waals surface area contributed by atoms with Crippen LogP contribution in [-0.2, 0) is 20.9 Å². The van der Waals surface area contributed by atoms with Crippen molar-refractivity contribution in [3.63, 3.8) is 0 Å². The van der Waals surface area contributed by atoms with E-state index >= 15 is 0 Å². The fourth-order valence-electron chi connectivity index (χ4n) is 3.53. The molecule has 196 valence electrons. The van der Waals surface area contributed by atoms with Gasteiger partial charge in [0.25, 0.3) is 11.8 Å². The quantitative estimate of drug-likeness (QED) is 0.238. The van der Waals surface area contributed by atoms with Crippen LogP contribution in [0.3, 0.4) is 0 Å². The molecule has 0 radical (unpaired) electrons. The molecule has 1 saturated heterocycles. The minimum Gasteiger partial charge on any atom is -0.493 e. The third kappa shape index (κ3) is 5.95. The Bertz CT molecular complexity index is 1410. The van der Waals surface area contributed by atoms with Gasteiger partial charge in [-0.1, -0.05) is 23.7 Å². The molecule has 1 aliphatic rings. The summed E-state index contributed by atoms with van der Waals surface area (Å²) in [6.07, 6.45) is 1.41. The Morgan fingerprint density at radius 1 is 1.08 bits per heavy atom. The average Bonchev–Trinajstić information content (AvgIpc) is 3.49. The van der Waals surface area contributed by atoms with Gasteiger partial charge in [-0.05, 0) is 48.5 Å². The molecule has 2 aromatic carbocycles. The van der Waals surface area contributed by atoms with Crippen molar-refractivity contribution in [3.8, 4) is 11.5 Å². The summed E-state index contributed by atoms with van der Waals surface area (Å²) < 4.78 is 21.0.